The van der Waals surface area contributed by atoms with Crippen molar-refractivity contribution in [2.75, 3.05) is 6.54 Å². The molecule has 0 aliphatic carbocycles. The third-order valence-electron chi connectivity index (χ3n) is 3.87. The number of likely N-dealkylation sites (tertiary alicyclic amines) is 1. The van der Waals surface area contributed by atoms with Gasteiger partial charge in [0.05, 0.1) is 5.52 Å². The molecule has 128 valence electrons. The van der Waals surface area contributed by atoms with Crippen LogP contribution in [0.4, 0.5) is 0 Å². The molecule has 2 aromatic rings. The SMILES string of the molecule is C=CC.Cn1nnc2cc(CNC(=O)[C@@H]3CCCN3C=O)ccc21. The summed E-state index contributed by atoms with van der Waals surface area (Å²) in [6.45, 7) is 6.34. The van der Waals surface area contributed by atoms with Gasteiger partial charge in [-0.15, -0.1) is 11.7 Å². The van der Waals surface area contributed by atoms with Crippen LogP contribution in [0.1, 0.15) is 25.3 Å². The monoisotopic (exact) mass is 329 g/mol. The highest BCUT2D eigenvalue weighted by Gasteiger charge is 2.29. The highest BCUT2D eigenvalue weighted by Crippen LogP contribution is 2.16. The molecule has 1 saturated heterocycles. The van der Waals surface area contributed by atoms with Gasteiger partial charge in [0.15, 0.2) is 0 Å². The molecule has 1 aliphatic heterocycles. The van der Waals surface area contributed by atoms with Gasteiger partial charge in [-0.05, 0) is 37.5 Å². The minimum absolute atomic E-state index is 0.0983. The lowest BCUT2D eigenvalue weighted by molar-refractivity contribution is -0.131. The van der Waals surface area contributed by atoms with E-state index in [1.165, 1.54) is 0 Å². The maximum absolute atomic E-state index is 12.1. The number of carbonyl (C=O) groups excluding carboxylic acids is 2. The molecule has 1 aromatic heterocycles. The molecule has 1 aromatic carbocycles. The lowest BCUT2D eigenvalue weighted by Gasteiger charge is -2.19. The van der Waals surface area contributed by atoms with Crippen molar-refractivity contribution in [2.24, 2.45) is 7.05 Å². The van der Waals surface area contributed by atoms with Gasteiger partial charge in [0, 0.05) is 20.1 Å². The van der Waals surface area contributed by atoms with E-state index in [4.69, 9.17) is 0 Å². The van der Waals surface area contributed by atoms with Crippen LogP contribution in [0.25, 0.3) is 11.0 Å². The molecule has 0 bridgehead atoms. The van der Waals surface area contributed by atoms with Crippen molar-refractivity contribution < 1.29 is 9.59 Å². The third-order valence-corrected chi connectivity index (χ3v) is 3.87. The molecule has 1 N–H and O–H groups in total. The summed E-state index contributed by atoms with van der Waals surface area (Å²) in [7, 11) is 1.84. The van der Waals surface area contributed by atoms with Gasteiger partial charge in [-0.25, -0.2) is 4.68 Å². The first-order chi connectivity index (χ1) is 11.6. The second-order valence-corrected chi connectivity index (χ2v) is 5.66. The van der Waals surface area contributed by atoms with Crippen LogP contribution in [0, 0.1) is 0 Å². The number of fused-ring (bicyclic) bond motifs is 1. The average molecular weight is 329 g/mol. The van der Waals surface area contributed by atoms with E-state index in [1.54, 1.807) is 15.7 Å². The smallest absolute Gasteiger partial charge is 0.243 e. The largest absolute Gasteiger partial charge is 0.350 e. The first kappa shape index (κ1) is 17.7. The molecule has 0 saturated carbocycles. The fourth-order valence-electron chi connectivity index (χ4n) is 2.70. The van der Waals surface area contributed by atoms with Crippen molar-refractivity contribution in [1.82, 2.24) is 25.2 Å². The predicted octanol–water partition coefficient (Wildman–Crippen LogP) is 1.40. The Morgan fingerprint density at radius 2 is 2.25 bits per heavy atom. The second-order valence-electron chi connectivity index (χ2n) is 5.66. The van der Waals surface area contributed by atoms with Gasteiger partial charge < -0.3 is 10.2 Å². The molecule has 1 atom stereocenters. The quantitative estimate of drug-likeness (QED) is 0.679. The maximum atomic E-state index is 12.1. The van der Waals surface area contributed by atoms with Crippen LogP contribution in [0.3, 0.4) is 0 Å². The number of aryl methyl sites for hydroxylation is 1. The molecule has 2 amide bonds. The molecule has 0 unspecified atom stereocenters. The molecule has 24 heavy (non-hydrogen) atoms. The second kappa shape index (κ2) is 8.24. The highest BCUT2D eigenvalue weighted by atomic mass is 16.2. The van der Waals surface area contributed by atoms with Crippen molar-refractivity contribution in [3.05, 3.63) is 36.4 Å². The summed E-state index contributed by atoms with van der Waals surface area (Å²) in [4.78, 5) is 24.5. The van der Waals surface area contributed by atoms with Gasteiger partial charge in [-0.1, -0.05) is 17.4 Å². The van der Waals surface area contributed by atoms with Crippen molar-refractivity contribution in [2.45, 2.75) is 32.4 Å². The summed E-state index contributed by atoms with van der Waals surface area (Å²) < 4.78 is 1.71. The standard InChI is InChI=1S/C14H17N5O2.C3H6/c1-18-12-5-4-10(7-11(12)16-17-18)8-15-14(21)13-3-2-6-19(13)9-20;1-3-2/h4-5,7,9,13H,2-3,6,8H2,1H3,(H,15,21);3H,1H2,2H3/t13-;/m0./s1. The molecular weight excluding hydrogens is 306 g/mol. The van der Waals surface area contributed by atoms with Crippen molar-refractivity contribution >= 4 is 23.4 Å². The van der Waals surface area contributed by atoms with E-state index in [-0.39, 0.29) is 11.9 Å². The Morgan fingerprint density at radius 1 is 1.50 bits per heavy atom. The Morgan fingerprint density at radius 3 is 2.96 bits per heavy atom. The Hall–Kier alpha value is -2.70. The van der Waals surface area contributed by atoms with E-state index in [2.05, 4.69) is 22.2 Å². The summed E-state index contributed by atoms with van der Waals surface area (Å²) in [6, 6.07) is 5.46. The predicted molar refractivity (Wildman–Crippen MR) is 92.0 cm³/mol. The zero-order valence-corrected chi connectivity index (χ0v) is 14.1. The maximum Gasteiger partial charge on any atom is 0.243 e. The molecule has 0 radical (unpaired) electrons. The lowest BCUT2D eigenvalue weighted by atomic mass is 10.1. The molecule has 7 nitrogen and oxygen atoms in total. The normalized spacial score (nSPS) is 16.4. The Balaban J connectivity index is 0.000000647. The van der Waals surface area contributed by atoms with Gasteiger partial charge in [0.1, 0.15) is 11.6 Å². The molecule has 0 spiro atoms. The van der Waals surface area contributed by atoms with E-state index in [1.807, 2.05) is 32.2 Å². The van der Waals surface area contributed by atoms with Crippen LogP contribution in [0.15, 0.2) is 30.9 Å². The van der Waals surface area contributed by atoms with Gasteiger partial charge in [0.25, 0.3) is 0 Å². The van der Waals surface area contributed by atoms with Crippen LogP contribution in [-0.4, -0.2) is 44.8 Å². The topological polar surface area (TPSA) is 80.1 Å². The minimum Gasteiger partial charge on any atom is -0.350 e. The number of hydrogen-bond acceptors (Lipinski definition) is 4. The first-order valence-electron chi connectivity index (χ1n) is 7.94. The summed E-state index contributed by atoms with van der Waals surface area (Å²) in [5.74, 6) is -0.0983. The summed E-state index contributed by atoms with van der Waals surface area (Å²) >= 11 is 0. The van der Waals surface area contributed by atoms with Gasteiger partial charge >= 0.3 is 0 Å². The fraction of sp³-hybridized carbons (Fsp3) is 0.412. The van der Waals surface area contributed by atoms with E-state index in [0.717, 1.165) is 35.8 Å². The number of aromatic nitrogens is 3. The zero-order valence-electron chi connectivity index (χ0n) is 14.1. The number of nitrogens with zero attached hydrogens (tertiary/aromatic N) is 4. The van der Waals surface area contributed by atoms with Crippen molar-refractivity contribution in [1.29, 1.82) is 0 Å². The number of nitrogens with one attached hydrogen (secondary N) is 1. The summed E-state index contributed by atoms with van der Waals surface area (Å²) in [6.07, 6.45) is 4.11. The molecule has 1 fully saturated rings. The van der Waals surface area contributed by atoms with E-state index < -0.39 is 0 Å². The van der Waals surface area contributed by atoms with Crippen LogP contribution in [-0.2, 0) is 23.2 Å². The Labute approximate surface area is 141 Å². The number of rotatable bonds is 4. The van der Waals surface area contributed by atoms with E-state index >= 15 is 0 Å². The van der Waals surface area contributed by atoms with Crippen LogP contribution in [0.2, 0.25) is 0 Å². The Kier molecular flexibility index (Phi) is 6.06. The molecular formula is C17H23N5O2. The van der Waals surface area contributed by atoms with E-state index in [0.29, 0.717) is 13.1 Å². The van der Waals surface area contributed by atoms with Crippen LogP contribution < -0.4 is 5.32 Å². The zero-order chi connectivity index (χ0) is 17.5. The molecule has 1 aliphatic rings. The third kappa shape index (κ3) is 3.98. The van der Waals surface area contributed by atoms with Gasteiger partial charge in [-0.2, -0.15) is 0 Å². The Bertz CT molecular complexity index is 725. The fourth-order valence-corrected chi connectivity index (χ4v) is 2.70. The van der Waals surface area contributed by atoms with Crippen molar-refractivity contribution in [3.8, 4) is 0 Å². The molecule has 3 rings (SSSR count). The number of hydrogen-bond donors (Lipinski definition) is 1. The lowest BCUT2D eigenvalue weighted by Crippen LogP contribution is -2.42. The number of benzene rings is 1. The van der Waals surface area contributed by atoms with Gasteiger partial charge in [0.2, 0.25) is 12.3 Å². The summed E-state index contributed by atoms with van der Waals surface area (Å²) in [5, 5.41) is 10.9. The number of allylic oxidation sites excluding steroid dienone is 1. The highest BCUT2D eigenvalue weighted by molar-refractivity contribution is 5.84. The van der Waals surface area contributed by atoms with E-state index in [9.17, 15) is 9.59 Å². The van der Waals surface area contributed by atoms with Crippen LogP contribution >= 0.6 is 0 Å². The summed E-state index contributed by atoms with van der Waals surface area (Å²) in [5.41, 5.74) is 2.72. The molecule has 2 heterocycles. The average Bonchev–Trinajstić information content (AvgIpc) is 3.20. The first-order valence-corrected chi connectivity index (χ1v) is 7.94. The van der Waals surface area contributed by atoms with Crippen molar-refractivity contribution in [3.63, 3.8) is 0 Å². The number of amides is 2. The minimum atomic E-state index is -0.331. The van der Waals surface area contributed by atoms with Crippen LogP contribution in [0.5, 0.6) is 0 Å². The molecule has 7 heteroatoms. The number of carbonyl (C=O) groups is 2. The van der Waals surface area contributed by atoms with Gasteiger partial charge in [-0.3, -0.25) is 9.59 Å².